The number of benzene rings is 3. The SMILES string of the molecule is Cc1cc(OC[C@H]2COC(C)(C)O2)cc(C)c1-c1cccc(COc2ccc3c(c2)CCC3CN)c1C. The third-order valence-corrected chi connectivity index (χ3v) is 7.72. The first kappa shape index (κ1) is 25.8. The highest BCUT2D eigenvalue weighted by molar-refractivity contribution is 5.75. The third-order valence-electron chi connectivity index (χ3n) is 7.72. The monoisotopic (exact) mass is 501 g/mol. The molecule has 2 aliphatic rings. The van der Waals surface area contributed by atoms with Crippen molar-refractivity contribution in [2.75, 3.05) is 19.8 Å². The van der Waals surface area contributed by atoms with E-state index in [1.807, 2.05) is 13.8 Å². The maximum absolute atomic E-state index is 6.26. The van der Waals surface area contributed by atoms with Crippen molar-refractivity contribution in [1.82, 2.24) is 0 Å². The molecule has 2 atom stereocenters. The van der Waals surface area contributed by atoms with Gasteiger partial charge in [-0.05, 0) is 129 Å². The molecule has 1 heterocycles. The normalized spacial score (nSPS) is 20.2. The molecule has 0 aromatic heterocycles. The second-order valence-electron chi connectivity index (χ2n) is 10.9. The molecule has 1 aliphatic heterocycles. The number of fused-ring (bicyclic) bond motifs is 1. The molecule has 37 heavy (non-hydrogen) atoms. The van der Waals surface area contributed by atoms with E-state index in [0.717, 1.165) is 24.3 Å². The molecule has 1 aliphatic carbocycles. The summed E-state index contributed by atoms with van der Waals surface area (Å²) in [4.78, 5) is 0. The Morgan fingerprint density at radius 1 is 0.973 bits per heavy atom. The van der Waals surface area contributed by atoms with Gasteiger partial charge in [0.25, 0.3) is 0 Å². The van der Waals surface area contributed by atoms with E-state index in [9.17, 15) is 0 Å². The van der Waals surface area contributed by atoms with Crippen LogP contribution in [0.4, 0.5) is 0 Å². The maximum atomic E-state index is 6.26. The summed E-state index contributed by atoms with van der Waals surface area (Å²) in [5, 5.41) is 0. The molecule has 0 bridgehead atoms. The van der Waals surface area contributed by atoms with Crippen LogP contribution in [-0.4, -0.2) is 31.6 Å². The first-order valence-corrected chi connectivity index (χ1v) is 13.3. The highest BCUT2D eigenvalue weighted by Gasteiger charge is 2.33. The van der Waals surface area contributed by atoms with E-state index >= 15 is 0 Å². The summed E-state index contributed by atoms with van der Waals surface area (Å²) in [6, 6.07) is 17.2. The van der Waals surface area contributed by atoms with Crippen LogP contribution in [0.3, 0.4) is 0 Å². The lowest BCUT2D eigenvalue weighted by molar-refractivity contribution is -0.141. The van der Waals surface area contributed by atoms with Gasteiger partial charge in [0.15, 0.2) is 5.79 Å². The smallest absolute Gasteiger partial charge is 0.163 e. The van der Waals surface area contributed by atoms with E-state index in [1.54, 1.807) is 0 Å². The fraction of sp³-hybridized carbons (Fsp3) is 0.438. The summed E-state index contributed by atoms with van der Waals surface area (Å²) in [7, 11) is 0. The molecule has 1 unspecified atom stereocenters. The summed E-state index contributed by atoms with van der Waals surface area (Å²) in [5.74, 6) is 1.74. The molecule has 0 amide bonds. The van der Waals surface area contributed by atoms with Crippen molar-refractivity contribution in [3.63, 3.8) is 0 Å². The van der Waals surface area contributed by atoms with Crippen LogP contribution in [0.2, 0.25) is 0 Å². The molecule has 5 heteroatoms. The van der Waals surface area contributed by atoms with Crippen LogP contribution in [0, 0.1) is 20.8 Å². The van der Waals surface area contributed by atoms with Gasteiger partial charge in [0.05, 0.1) is 6.61 Å². The average Bonchev–Trinajstić information content (AvgIpc) is 3.44. The lowest BCUT2D eigenvalue weighted by atomic mass is 9.90. The van der Waals surface area contributed by atoms with E-state index in [0.29, 0.717) is 32.3 Å². The van der Waals surface area contributed by atoms with Gasteiger partial charge in [-0.15, -0.1) is 0 Å². The molecule has 0 saturated carbocycles. The number of hydrogen-bond acceptors (Lipinski definition) is 5. The van der Waals surface area contributed by atoms with E-state index < -0.39 is 5.79 Å². The highest BCUT2D eigenvalue weighted by Crippen LogP contribution is 2.36. The first-order chi connectivity index (χ1) is 17.7. The lowest BCUT2D eigenvalue weighted by Gasteiger charge is -2.19. The quantitative estimate of drug-likeness (QED) is 0.388. The van der Waals surface area contributed by atoms with Crippen molar-refractivity contribution in [2.45, 2.75) is 71.9 Å². The van der Waals surface area contributed by atoms with Crippen molar-refractivity contribution in [2.24, 2.45) is 5.73 Å². The van der Waals surface area contributed by atoms with Crippen LogP contribution >= 0.6 is 0 Å². The molecule has 196 valence electrons. The second kappa shape index (κ2) is 10.5. The van der Waals surface area contributed by atoms with Crippen LogP contribution in [0.1, 0.15) is 59.6 Å². The molecule has 5 nitrogen and oxygen atoms in total. The molecule has 0 radical (unpaired) electrons. The van der Waals surface area contributed by atoms with Crippen LogP contribution in [0.15, 0.2) is 48.5 Å². The van der Waals surface area contributed by atoms with Gasteiger partial charge in [-0.25, -0.2) is 0 Å². The highest BCUT2D eigenvalue weighted by atomic mass is 16.7. The van der Waals surface area contributed by atoms with Crippen LogP contribution in [-0.2, 0) is 22.5 Å². The number of rotatable bonds is 8. The lowest BCUT2D eigenvalue weighted by Crippen LogP contribution is -2.25. The van der Waals surface area contributed by atoms with Crippen molar-refractivity contribution >= 4 is 0 Å². The van der Waals surface area contributed by atoms with Crippen molar-refractivity contribution in [3.05, 3.63) is 81.9 Å². The molecule has 3 aromatic carbocycles. The molecule has 1 fully saturated rings. The molecule has 2 N–H and O–H groups in total. The van der Waals surface area contributed by atoms with Crippen molar-refractivity contribution < 1.29 is 18.9 Å². The third kappa shape index (κ3) is 5.54. The number of aryl methyl sites for hydroxylation is 3. The van der Waals surface area contributed by atoms with Crippen LogP contribution < -0.4 is 15.2 Å². The Morgan fingerprint density at radius 2 is 1.76 bits per heavy atom. The Morgan fingerprint density at radius 3 is 2.46 bits per heavy atom. The van der Waals surface area contributed by atoms with E-state index in [1.165, 1.54) is 44.5 Å². The van der Waals surface area contributed by atoms with Gasteiger partial charge >= 0.3 is 0 Å². The Labute approximate surface area is 220 Å². The summed E-state index contributed by atoms with van der Waals surface area (Å²) < 4.78 is 23.9. The standard InChI is InChI=1S/C32H39NO4/c1-20-13-27(35-18-28-19-36-32(4,5)37-28)14-21(2)31(20)29-8-6-7-25(22(29)3)17-34-26-11-12-30-23(15-26)9-10-24(30)16-33/h6-8,11-15,24,28H,9-10,16-19,33H2,1-5H3/t24?,28-/m0/s1. The van der Waals surface area contributed by atoms with Gasteiger partial charge in [0.1, 0.15) is 30.8 Å². The second-order valence-corrected chi connectivity index (χ2v) is 10.9. The average molecular weight is 502 g/mol. The zero-order valence-electron chi connectivity index (χ0n) is 22.7. The van der Waals surface area contributed by atoms with Crippen LogP contribution in [0.25, 0.3) is 11.1 Å². The van der Waals surface area contributed by atoms with E-state index in [2.05, 4.69) is 69.3 Å². The Kier molecular flexibility index (Phi) is 7.30. The summed E-state index contributed by atoms with van der Waals surface area (Å²) in [5.41, 5.74) is 16.0. The fourth-order valence-electron chi connectivity index (χ4n) is 5.75. The Balaban J connectivity index is 1.29. The van der Waals surface area contributed by atoms with Crippen molar-refractivity contribution in [3.8, 4) is 22.6 Å². The van der Waals surface area contributed by atoms with Gasteiger partial charge < -0.3 is 24.7 Å². The zero-order valence-corrected chi connectivity index (χ0v) is 22.7. The minimum atomic E-state index is -0.538. The molecule has 3 aromatic rings. The number of nitrogens with two attached hydrogens (primary N) is 1. The predicted octanol–water partition coefficient (Wildman–Crippen LogP) is 6.38. The topological polar surface area (TPSA) is 62.9 Å². The van der Waals surface area contributed by atoms with E-state index in [-0.39, 0.29) is 6.10 Å². The molecular weight excluding hydrogens is 462 g/mol. The predicted molar refractivity (Wildman–Crippen MR) is 147 cm³/mol. The summed E-state index contributed by atoms with van der Waals surface area (Å²) in [6.45, 7) is 12.6. The fourth-order valence-corrected chi connectivity index (χ4v) is 5.75. The zero-order chi connectivity index (χ0) is 26.2. The van der Waals surface area contributed by atoms with Gasteiger partial charge in [-0.1, -0.05) is 24.3 Å². The molecule has 5 rings (SSSR count). The van der Waals surface area contributed by atoms with Gasteiger partial charge in [-0.2, -0.15) is 0 Å². The first-order valence-electron chi connectivity index (χ1n) is 13.3. The van der Waals surface area contributed by atoms with Crippen molar-refractivity contribution in [1.29, 1.82) is 0 Å². The largest absolute Gasteiger partial charge is 0.491 e. The molecule has 0 spiro atoms. The molecule has 1 saturated heterocycles. The maximum Gasteiger partial charge on any atom is 0.163 e. The van der Waals surface area contributed by atoms with Crippen LogP contribution in [0.5, 0.6) is 11.5 Å². The Hall–Kier alpha value is -2.86. The summed E-state index contributed by atoms with van der Waals surface area (Å²) >= 11 is 0. The number of hydrogen-bond donors (Lipinski definition) is 1. The Bertz CT molecular complexity index is 1260. The molecular formula is C32H39NO4. The van der Waals surface area contributed by atoms with Gasteiger partial charge in [0.2, 0.25) is 0 Å². The van der Waals surface area contributed by atoms with Gasteiger partial charge in [-0.3, -0.25) is 0 Å². The van der Waals surface area contributed by atoms with Gasteiger partial charge in [0, 0.05) is 0 Å². The minimum absolute atomic E-state index is 0.0537. The van der Waals surface area contributed by atoms with E-state index in [4.69, 9.17) is 24.7 Å². The number of ether oxygens (including phenoxy) is 4. The summed E-state index contributed by atoms with van der Waals surface area (Å²) in [6.07, 6.45) is 2.17. The minimum Gasteiger partial charge on any atom is -0.491 e.